The number of rotatable bonds is 3. The van der Waals surface area contributed by atoms with Gasteiger partial charge in [-0.3, -0.25) is 14.4 Å². The van der Waals surface area contributed by atoms with E-state index in [1.54, 1.807) is 42.5 Å². The Bertz CT molecular complexity index is 1060. The van der Waals surface area contributed by atoms with Gasteiger partial charge in [0.1, 0.15) is 5.82 Å². The van der Waals surface area contributed by atoms with Gasteiger partial charge < -0.3 is 5.32 Å². The van der Waals surface area contributed by atoms with Gasteiger partial charge in [0.25, 0.3) is 17.7 Å². The Morgan fingerprint density at radius 1 is 0.815 bits per heavy atom. The van der Waals surface area contributed by atoms with Crippen molar-refractivity contribution in [1.82, 2.24) is 0 Å². The van der Waals surface area contributed by atoms with E-state index in [4.69, 9.17) is 0 Å². The molecule has 0 aliphatic carbocycles. The predicted molar refractivity (Wildman–Crippen MR) is 98.4 cm³/mol. The van der Waals surface area contributed by atoms with Crippen molar-refractivity contribution >= 4 is 29.1 Å². The second-order valence-electron chi connectivity index (χ2n) is 6.01. The third-order valence-corrected chi connectivity index (χ3v) is 4.24. The maximum Gasteiger partial charge on any atom is 0.266 e. The summed E-state index contributed by atoms with van der Waals surface area (Å²) in [7, 11) is 0. The monoisotopic (exact) mass is 360 g/mol. The first-order chi connectivity index (χ1) is 13.0. The van der Waals surface area contributed by atoms with Crippen molar-refractivity contribution in [3.05, 3.63) is 95.3 Å². The zero-order chi connectivity index (χ0) is 19.0. The molecule has 3 aromatic rings. The fraction of sp³-hybridized carbons (Fsp3) is 0. The molecule has 0 bridgehead atoms. The molecular formula is C21H13FN2O3. The second-order valence-corrected chi connectivity index (χ2v) is 6.01. The Morgan fingerprint density at radius 3 is 2.15 bits per heavy atom. The molecule has 6 heteroatoms. The van der Waals surface area contributed by atoms with Gasteiger partial charge in [0.05, 0.1) is 16.8 Å². The number of anilines is 2. The van der Waals surface area contributed by atoms with E-state index in [9.17, 15) is 18.8 Å². The van der Waals surface area contributed by atoms with E-state index in [-0.39, 0.29) is 5.56 Å². The van der Waals surface area contributed by atoms with Crippen LogP contribution in [0.5, 0.6) is 0 Å². The van der Waals surface area contributed by atoms with Crippen LogP contribution in [0.25, 0.3) is 0 Å². The largest absolute Gasteiger partial charge is 0.322 e. The number of nitrogens with one attached hydrogen (secondary N) is 1. The van der Waals surface area contributed by atoms with Crippen molar-refractivity contribution in [3.63, 3.8) is 0 Å². The SMILES string of the molecule is O=C(Nc1cccc(N2C(=O)c3ccccc3C2=O)c1)c1cccc(F)c1. The van der Waals surface area contributed by atoms with E-state index in [1.807, 2.05) is 0 Å². The van der Waals surface area contributed by atoms with Crippen molar-refractivity contribution in [1.29, 1.82) is 0 Å². The van der Waals surface area contributed by atoms with Crippen molar-refractivity contribution in [2.24, 2.45) is 0 Å². The Kier molecular flexibility index (Phi) is 4.01. The van der Waals surface area contributed by atoms with Gasteiger partial charge in [0, 0.05) is 11.3 Å². The number of carbonyl (C=O) groups excluding carboxylic acids is 3. The number of hydrogen-bond acceptors (Lipinski definition) is 3. The predicted octanol–water partition coefficient (Wildman–Crippen LogP) is 3.88. The second kappa shape index (κ2) is 6.49. The number of amides is 3. The van der Waals surface area contributed by atoms with Gasteiger partial charge in [-0.15, -0.1) is 0 Å². The van der Waals surface area contributed by atoms with Crippen LogP contribution in [0.4, 0.5) is 15.8 Å². The van der Waals surface area contributed by atoms with Crippen LogP contribution in [-0.4, -0.2) is 17.7 Å². The normalized spacial score (nSPS) is 12.9. The molecule has 132 valence electrons. The van der Waals surface area contributed by atoms with E-state index in [0.717, 1.165) is 11.0 Å². The van der Waals surface area contributed by atoms with Crippen LogP contribution in [0.2, 0.25) is 0 Å². The molecule has 0 radical (unpaired) electrons. The van der Waals surface area contributed by atoms with Crippen molar-refractivity contribution in [2.75, 3.05) is 10.2 Å². The minimum Gasteiger partial charge on any atom is -0.322 e. The average molecular weight is 360 g/mol. The highest BCUT2D eigenvalue weighted by Crippen LogP contribution is 2.29. The lowest BCUT2D eigenvalue weighted by Crippen LogP contribution is -2.29. The maximum atomic E-state index is 13.3. The van der Waals surface area contributed by atoms with Gasteiger partial charge in [-0.1, -0.05) is 24.3 Å². The summed E-state index contributed by atoms with van der Waals surface area (Å²) in [6, 6.07) is 18.3. The molecule has 1 N–H and O–H groups in total. The maximum absolute atomic E-state index is 13.3. The summed E-state index contributed by atoms with van der Waals surface area (Å²) in [6.07, 6.45) is 0. The molecule has 0 unspecified atom stereocenters. The zero-order valence-electron chi connectivity index (χ0n) is 14.0. The molecule has 0 fully saturated rings. The van der Waals surface area contributed by atoms with Gasteiger partial charge in [-0.2, -0.15) is 0 Å². The number of fused-ring (bicyclic) bond motifs is 1. The van der Waals surface area contributed by atoms with E-state index < -0.39 is 23.5 Å². The zero-order valence-corrected chi connectivity index (χ0v) is 14.0. The smallest absolute Gasteiger partial charge is 0.266 e. The Hall–Kier alpha value is -3.80. The van der Waals surface area contributed by atoms with Crippen molar-refractivity contribution in [3.8, 4) is 0 Å². The number of carbonyl (C=O) groups is 3. The molecule has 27 heavy (non-hydrogen) atoms. The first-order valence-electron chi connectivity index (χ1n) is 8.19. The fourth-order valence-electron chi connectivity index (χ4n) is 2.98. The minimum absolute atomic E-state index is 0.168. The average Bonchev–Trinajstić information content (AvgIpc) is 2.93. The van der Waals surface area contributed by atoms with Crippen LogP contribution in [0.15, 0.2) is 72.8 Å². The van der Waals surface area contributed by atoms with Gasteiger partial charge in [-0.25, -0.2) is 9.29 Å². The number of nitrogens with zero attached hydrogens (tertiary/aromatic N) is 1. The molecule has 0 spiro atoms. The minimum atomic E-state index is -0.512. The van der Waals surface area contributed by atoms with Gasteiger partial charge in [0.2, 0.25) is 0 Å². The Morgan fingerprint density at radius 2 is 1.48 bits per heavy atom. The molecule has 4 rings (SSSR count). The van der Waals surface area contributed by atoms with E-state index >= 15 is 0 Å². The topological polar surface area (TPSA) is 66.5 Å². The van der Waals surface area contributed by atoms with Crippen molar-refractivity contribution in [2.45, 2.75) is 0 Å². The molecule has 3 aromatic carbocycles. The van der Waals surface area contributed by atoms with Crippen LogP contribution in [0.1, 0.15) is 31.1 Å². The van der Waals surface area contributed by atoms with Crippen LogP contribution < -0.4 is 10.2 Å². The van der Waals surface area contributed by atoms with Crippen LogP contribution in [-0.2, 0) is 0 Å². The summed E-state index contributed by atoms with van der Waals surface area (Å²) in [4.78, 5) is 38.5. The summed E-state index contributed by atoms with van der Waals surface area (Å²) in [5.74, 6) is -1.83. The van der Waals surface area contributed by atoms with E-state index in [1.165, 1.54) is 24.3 Å². The lowest BCUT2D eigenvalue weighted by Gasteiger charge is -2.15. The number of imide groups is 1. The Labute approximate surface area is 154 Å². The van der Waals surface area contributed by atoms with Crippen LogP contribution in [0, 0.1) is 5.82 Å². The summed E-state index contributed by atoms with van der Waals surface area (Å²) < 4.78 is 13.3. The molecule has 0 atom stereocenters. The first kappa shape index (κ1) is 16.7. The van der Waals surface area contributed by atoms with Gasteiger partial charge in [-0.05, 0) is 48.5 Å². The van der Waals surface area contributed by atoms with Crippen LogP contribution >= 0.6 is 0 Å². The summed E-state index contributed by atoms with van der Waals surface area (Å²) in [6.45, 7) is 0. The fourth-order valence-corrected chi connectivity index (χ4v) is 2.98. The summed E-state index contributed by atoms with van der Waals surface area (Å²) >= 11 is 0. The quantitative estimate of drug-likeness (QED) is 0.721. The van der Waals surface area contributed by atoms with Gasteiger partial charge >= 0.3 is 0 Å². The molecular weight excluding hydrogens is 347 g/mol. The highest BCUT2D eigenvalue weighted by Gasteiger charge is 2.36. The Balaban J connectivity index is 1.61. The highest BCUT2D eigenvalue weighted by molar-refractivity contribution is 6.34. The summed E-state index contributed by atoms with van der Waals surface area (Å²) in [5, 5.41) is 2.65. The third kappa shape index (κ3) is 2.97. The van der Waals surface area contributed by atoms with E-state index in [0.29, 0.717) is 22.5 Å². The molecule has 0 saturated carbocycles. The first-order valence-corrected chi connectivity index (χ1v) is 8.19. The molecule has 1 aliphatic heterocycles. The standard InChI is InChI=1S/C21H13FN2O3/c22-14-6-3-5-13(11-14)19(25)23-15-7-4-8-16(12-15)24-20(26)17-9-1-2-10-18(17)21(24)27/h1-12H,(H,23,25). The molecule has 0 saturated heterocycles. The molecule has 1 aliphatic rings. The van der Waals surface area contributed by atoms with Crippen molar-refractivity contribution < 1.29 is 18.8 Å². The number of halogens is 1. The summed E-state index contributed by atoms with van der Waals surface area (Å²) in [5.41, 5.74) is 1.59. The molecule has 0 aromatic heterocycles. The highest BCUT2D eigenvalue weighted by atomic mass is 19.1. The number of benzene rings is 3. The molecule has 1 heterocycles. The molecule has 3 amide bonds. The van der Waals surface area contributed by atoms with E-state index in [2.05, 4.69) is 5.32 Å². The molecule has 5 nitrogen and oxygen atoms in total. The lowest BCUT2D eigenvalue weighted by molar-refractivity contribution is 0.0925. The van der Waals surface area contributed by atoms with Gasteiger partial charge in [0.15, 0.2) is 0 Å². The lowest BCUT2D eigenvalue weighted by atomic mass is 10.1. The number of hydrogen-bond donors (Lipinski definition) is 1. The van der Waals surface area contributed by atoms with Crippen LogP contribution in [0.3, 0.4) is 0 Å². The third-order valence-electron chi connectivity index (χ3n) is 4.24.